The fraction of sp³-hybridized carbons (Fsp3) is 0.471. The third kappa shape index (κ3) is 7.22. The number of imide groups is 1. The Bertz CT molecular complexity index is 780. The lowest BCUT2D eigenvalue weighted by Gasteiger charge is -2.30. The van der Waals surface area contributed by atoms with Gasteiger partial charge in [0.05, 0.1) is 12.6 Å². The Balaban J connectivity index is 2.86. The Hall–Kier alpha value is -2.30. The van der Waals surface area contributed by atoms with E-state index in [1.165, 1.54) is 26.1 Å². The van der Waals surface area contributed by atoms with Gasteiger partial charge in [-0.25, -0.2) is 0 Å². The van der Waals surface area contributed by atoms with Gasteiger partial charge in [0.1, 0.15) is 17.6 Å². The van der Waals surface area contributed by atoms with E-state index >= 15 is 0 Å². The van der Waals surface area contributed by atoms with Crippen LogP contribution in [0.15, 0.2) is 24.3 Å². The zero-order valence-electron chi connectivity index (χ0n) is 16.4. The summed E-state index contributed by atoms with van der Waals surface area (Å²) in [6.45, 7) is 2.02. The van der Waals surface area contributed by atoms with Crippen molar-refractivity contribution in [2.75, 3.05) is 13.6 Å². The number of nitrogens with zero attached hydrogens (tertiary/aromatic N) is 1. The molecule has 0 aliphatic heterocycles. The van der Waals surface area contributed by atoms with Crippen LogP contribution in [0.5, 0.6) is 5.75 Å². The van der Waals surface area contributed by atoms with E-state index in [9.17, 15) is 33.8 Å². The highest BCUT2D eigenvalue weighted by molar-refractivity contribution is 7.52. The molecule has 3 atom stereocenters. The van der Waals surface area contributed by atoms with Gasteiger partial charge in [-0.05, 0) is 45.0 Å². The fourth-order valence-electron chi connectivity index (χ4n) is 2.47. The largest absolute Gasteiger partial charge is 0.508 e. The maximum atomic E-state index is 12.7. The Kier molecular flexibility index (Phi) is 8.93. The molecule has 0 saturated carbocycles. The first-order valence-corrected chi connectivity index (χ1v) is 10.5. The molecule has 0 unspecified atom stereocenters. The van der Waals surface area contributed by atoms with Crippen molar-refractivity contribution in [2.24, 2.45) is 5.73 Å². The zero-order chi connectivity index (χ0) is 22.4. The van der Waals surface area contributed by atoms with Crippen LogP contribution in [0.4, 0.5) is 0 Å². The molecule has 0 bridgehead atoms. The van der Waals surface area contributed by atoms with Crippen molar-refractivity contribution in [1.82, 2.24) is 15.5 Å². The SMILES string of the molecule is CNCC(=O)N(C(=O)[C@H](C)NC(=O)[C@@H](N)Cc1ccc(O)cc1)[C@@H](C)P(=O)(O)O. The Morgan fingerprint density at radius 1 is 1.17 bits per heavy atom. The van der Waals surface area contributed by atoms with Gasteiger partial charge in [0.2, 0.25) is 11.8 Å². The molecule has 162 valence electrons. The average molecular weight is 430 g/mol. The molecular formula is C17H27N4O7P. The Labute approximate surface area is 168 Å². The molecule has 3 amide bonds. The summed E-state index contributed by atoms with van der Waals surface area (Å²) in [5, 5.41) is 14.2. The second-order valence-electron chi connectivity index (χ2n) is 6.56. The third-order valence-electron chi connectivity index (χ3n) is 4.15. The van der Waals surface area contributed by atoms with Gasteiger partial charge in [-0.1, -0.05) is 12.1 Å². The van der Waals surface area contributed by atoms with E-state index in [4.69, 9.17) is 5.73 Å². The standard InChI is InChI=1S/C17H27N4O7P/c1-10(17(25)21(15(23)9-19-3)11(2)29(26,27)28)20-16(24)14(18)8-12-4-6-13(22)7-5-12/h4-7,10-11,14,19,22H,8-9,18H2,1-3H3,(H,20,24)(H2,26,27,28)/t10-,11+,14-/m0/s1. The first-order chi connectivity index (χ1) is 13.4. The minimum atomic E-state index is -4.79. The highest BCUT2D eigenvalue weighted by atomic mass is 31.2. The van der Waals surface area contributed by atoms with Crippen LogP contribution in [0.1, 0.15) is 19.4 Å². The number of nitrogens with two attached hydrogens (primary N) is 1. The molecule has 12 heteroatoms. The summed E-state index contributed by atoms with van der Waals surface area (Å²) >= 11 is 0. The van der Waals surface area contributed by atoms with Crippen LogP contribution in [0.2, 0.25) is 0 Å². The number of phenols is 1. The molecule has 1 aromatic carbocycles. The number of hydrogen-bond donors (Lipinski definition) is 6. The molecule has 0 saturated heterocycles. The van der Waals surface area contributed by atoms with Crippen molar-refractivity contribution >= 4 is 25.3 Å². The van der Waals surface area contributed by atoms with Crippen molar-refractivity contribution in [3.05, 3.63) is 29.8 Å². The first kappa shape index (κ1) is 24.7. The van der Waals surface area contributed by atoms with Crippen molar-refractivity contribution < 1.29 is 33.8 Å². The van der Waals surface area contributed by atoms with Gasteiger partial charge in [0, 0.05) is 0 Å². The number of phenolic OH excluding ortho intramolecular Hbond substituents is 1. The molecule has 11 nitrogen and oxygen atoms in total. The predicted octanol–water partition coefficient (Wildman–Crippen LogP) is -1.13. The molecule has 7 N–H and O–H groups in total. The van der Waals surface area contributed by atoms with Gasteiger partial charge in [-0.2, -0.15) is 0 Å². The monoisotopic (exact) mass is 430 g/mol. The zero-order valence-corrected chi connectivity index (χ0v) is 17.3. The lowest BCUT2D eigenvalue weighted by molar-refractivity contribution is -0.147. The van der Waals surface area contributed by atoms with Crippen LogP contribution in [-0.4, -0.2) is 69.0 Å². The highest BCUT2D eigenvalue weighted by Gasteiger charge is 2.39. The second-order valence-corrected chi connectivity index (χ2v) is 8.49. The number of hydrogen-bond acceptors (Lipinski definition) is 7. The summed E-state index contributed by atoms with van der Waals surface area (Å²) in [6, 6.07) is 3.81. The molecule has 1 aromatic rings. The van der Waals surface area contributed by atoms with Gasteiger partial charge < -0.3 is 31.3 Å². The number of benzene rings is 1. The fourth-order valence-corrected chi connectivity index (χ4v) is 3.02. The van der Waals surface area contributed by atoms with E-state index in [-0.39, 0.29) is 18.7 Å². The molecular weight excluding hydrogens is 403 g/mol. The third-order valence-corrected chi connectivity index (χ3v) is 5.36. The summed E-state index contributed by atoms with van der Waals surface area (Å²) in [6.07, 6.45) is 0.133. The highest BCUT2D eigenvalue weighted by Crippen LogP contribution is 2.42. The number of likely N-dealkylation sites (N-methyl/N-ethyl adjacent to an activating group) is 1. The number of aromatic hydroxyl groups is 1. The van der Waals surface area contributed by atoms with Crippen LogP contribution in [0, 0.1) is 0 Å². The van der Waals surface area contributed by atoms with Gasteiger partial charge in [0.25, 0.3) is 5.91 Å². The van der Waals surface area contributed by atoms with Crippen molar-refractivity contribution in [3.8, 4) is 5.75 Å². The first-order valence-electron chi connectivity index (χ1n) is 8.78. The molecule has 0 aliphatic carbocycles. The van der Waals surface area contributed by atoms with Crippen LogP contribution in [0.3, 0.4) is 0 Å². The number of amides is 3. The average Bonchev–Trinajstić information content (AvgIpc) is 2.62. The second kappa shape index (κ2) is 10.5. The van der Waals surface area contributed by atoms with Crippen molar-refractivity contribution in [1.29, 1.82) is 0 Å². The number of rotatable bonds is 9. The molecule has 29 heavy (non-hydrogen) atoms. The minimum absolute atomic E-state index is 0.0662. The summed E-state index contributed by atoms with van der Waals surface area (Å²) < 4.78 is 11.6. The van der Waals surface area contributed by atoms with E-state index in [0.717, 1.165) is 6.92 Å². The number of nitrogens with one attached hydrogen (secondary N) is 2. The summed E-state index contributed by atoms with van der Waals surface area (Å²) in [7, 11) is -3.35. The normalized spacial score (nSPS) is 14.6. The summed E-state index contributed by atoms with van der Waals surface area (Å²) in [4.78, 5) is 56.4. The Morgan fingerprint density at radius 3 is 2.21 bits per heavy atom. The lowest BCUT2D eigenvalue weighted by Crippen LogP contribution is -2.56. The van der Waals surface area contributed by atoms with Crippen LogP contribution in [-0.2, 0) is 25.4 Å². The van der Waals surface area contributed by atoms with E-state index < -0.39 is 43.2 Å². The topological polar surface area (TPSA) is 182 Å². The maximum Gasteiger partial charge on any atom is 0.348 e. The summed E-state index contributed by atoms with van der Waals surface area (Å²) in [5.74, 6) is -4.12. The van der Waals surface area contributed by atoms with E-state index in [1.54, 1.807) is 12.1 Å². The molecule has 1 rings (SSSR count). The smallest absolute Gasteiger partial charge is 0.348 e. The molecule has 0 spiro atoms. The van der Waals surface area contributed by atoms with Gasteiger partial charge >= 0.3 is 7.60 Å². The molecule has 0 aliphatic rings. The molecule has 0 radical (unpaired) electrons. The maximum absolute atomic E-state index is 12.7. The number of carbonyl (C=O) groups is 3. The lowest BCUT2D eigenvalue weighted by atomic mass is 10.1. The van der Waals surface area contributed by atoms with Gasteiger partial charge in [-0.15, -0.1) is 0 Å². The van der Waals surface area contributed by atoms with E-state index in [2.05, 4.69) is 10.6 Å². The molecule has 0 heterocycles. The molecule has 0 aromatic heterocycles. The van der Waals surface area contributed by atoms with Crippen LogP contribution in [0.25, 0.3) is 0 Å². The molecule has 0 fully saturated rings. The van der Waals surface area contributed by atoms with Crippen molar-refractivity contribution in [3.63, 3.8) is 0 Å². The number of carbonyl (C=O) groups excluding carboxylic acids is 3. The predicted molar refractivity (Wildman–Crippen MR) is 105 cm³/mol. The van der Waals surface area contributed by atoms with Crippen LogP contribution < -0.4 is 16.4 Å². The summed E-state index contributed by atoms with van der Waals surface area (Å²) in [5.41, 5.74) is 6.53. The van der Waals surface area contributed by atoms with Crippen molar-refractivity contribution in [2.45, 2.75) is 38.1 Å². The van der Waals surface area contributed by atoms with E-state index in [0.29, 0.717) is 10.5 Å². The van der Waals surface area contributed by atoms with Gasteiger partial charge in [-0.3, -0.25) is 23.8 Å². The van der Waals surface area contributed by atoms with Gasteiger partial charge in [0.15, 0.2) is 0 Å². The quantitative estimate of drug-likeness (QED) is 0.264. The van der Waals surface area contributed by atoms with E-state index in [1.807, 2.05) is 0 Å². The minimum Gasteiger partial charge on any atom is -0.508 e. The van der Waals surface area contributed by atoms with Crippen LogP contribution >= 0.6 is 7.60 Å². The Morgan fingerprint density at radius 2 is 1.72 bits per heavy atom.